The maximum absolute atomic E-state index is 13.6. The van der Waals surface area contributed by atoms with Crippen LogP contribution in [0.3, 0.4) is 0 Å². The number of methoxy groups -OCH3 is 1. The number of carbonyl (C=O) groups is 2. The van der Waals surface area contributed by atoms with Crippen molar-refractivity contribution in [2.75, 3.05) is 13.7 Å². The van der Waals surface area contributed by atoms with Crippen molar-refractivity contribution in [3.63, 3.8) is 0 Å². The predicted octanol–water partition coefficient (Wildman–Crippen LogP) is 3.79. The van der Waals surface area contributed by atoms with Gasteiger partial charge in [0, 0.05) is 17.0 Å². The first-order valence-corrected chi connectivity index (χ1v) is 9.00. The molecule has 0 saturated carbocycles. The molecule has 1 aromatic heterocycles. The highest BCUT2D eigenvalue weighted by molar-refractivity contribution is 9.11. The van der Waals surface area contributed by atoms with Crippen LogP contribution < -0.4 is 4.74 Å². The van der Waals surface area contributed by atoms with E-state index in [1.165, 1.54) is 30.6 Å². The molecule has 1 heterocycles. The molecule has 1 unspecified atom stereocenters. The van der Waals surface area contributed by atoms with Crippen LogP contribution in [0.15, 0.2) is 28.1 Å². The van der Waals surface area contributed by atoms with Crippen molar-refractivity contribution < 1.29 is 23.8 Å². The number of nitrogens with zero attached hydrogens (tertiary/aromatic N) is 1. The van der Waals surface area contributed by atoms with Crippen LogP contribution in [0.5, 0.6) is 5.75 Å². The Morgan fingerprint density at radius 1 is 1.48 bits per heavy atom. The number of carboxylic acids is 1. The first kappa shape index (κ1) is 19.4. The Kier molecular flexibility index (Phi) is 6.55. The van der Waals surface area contributed by atoms with Gasteiger partial charge in [-0.1, -0.05) is 0 Å². The van der Waals surface area contributed by atoms with E-state index in [-0.39, 0.29) is 17.9 Å². The van der Waals surface area contributed by atoms with Crippen molar-refractivity contribution in [2.24, 2.45) is 0 Å². The van der Waals surface area contributed by atoms with Crippen LogP contribution in [0.25, 0.3) is 0 Å². The van der Waals surface area contributed by atoms with Crippen LogP contribution in [0.2, 0.25) is 0 Å². The maximum atomic E-state index is 13.6. The van der Waals surface area contributed by atoms with E-state index in [1.807, 2.05) is 13.0 Å². The molecule has 8 heteroatoms. The molecule has 2 rings (SSSR count). The average molecular weight is 430 g/mol. The molecule has 0 aliphatic rings. The van der Waals surface area contributed by atoms with E-state index in [0.717, 1.165) is 25.2 Å². The number of rotatable bonds is 8. The minimum absolute atomic E-state index is 0.103. The van der Waals surface area contributed by atoms with Crippen molar-refractivity contribution in [1.82, 2.24) is 4.90 Å². The Hall–Kier alpha value is -1.93. The number of carbonyl (C=O) groups excluding carboxylic acids is 1. The SMILES string of the molecule is COc1ccc(F)cc1C(C(=O)O)N(C=O)CCc1sc(Br)cc1C. The molecular formula is C17H17BrFNO4S. The fraction of sp³-hybridized carbons (Fsp3) is 0.294. The van der Waals surface area contributed by atoms with Crippen LogP contribution >= 0.6 is 27.3 Å². The second-order valence-corrected chi connectivity index (χ2v) is 7.89. The van der Waals surface area contributed by atoms with Crippen molar-refractivity contribution in [2.45, 2.75) is 19.4 Å². The van der Waals surface area contributed by atoms with Crippen molar-refractivity contribution in [3.05, 3.63) is 49.9 Å². The molecule has 0 aliphatic carbocycles. The molecule has 0 bridgehead atoms. The number of halogens is 2. The molecule has 0 fully saturated rings. The third-order valence-corrected chi connectivity index (χ3v) is 5.57. The standard InChI is InChI=1S/C17H17BrFNO4S/c1-10-7-15(18)25-14(10)5-6-20(9-21)16(17(22)23)12-8-11(19)3-4-13(12)24-2/h3-4,7-9,16H,5-6H2,1-2H3,(H,22,23). The third-order valence-electron chi connectivity index (χ3n) is 3.77. The minimum Gasteiger partial charge on any atom is -0.496 e. The lowest BCUT2D eigenvalue weighted by Crippen LogP contribution is -2.35. The Labute approximate surface area is 157 Å². The van der Waals surface area contributed by atoms with E-state index < -0.39 is 17.8 Å². The van der Waals surface area contributed by atoms with Crippen LogP contribution in [-0.2, 0) is 16.0 Å². The highest BCUT2D eigenvalue weighted by atomic mass is 79.9. The van der Waals surface area contributed by atoms with Crippen LogP contribution in [0.4, 0.5) is 4.39 Å². The molecule has 0 spiro atoms. The Balaban J connectivity index is 2.30. The van der Waals surface area contributed by atoms with Gasteiger partial charge < -0.3 is 14.7 Å². The van der Waals surface area contributed by atoms with Gasteiger partial charge in [0.05, 0.1) is 10.9 Å². The molecule has 0 aliphatic heterocycles. The number of amides is 1. The summed E-state index contributed by atoms with van der Waals surface area (Å²) in [4.78, 5) is 25.5. The fourth-order valence-electron chi connectivity index (χ4n) is 2.57. The Bertz CT molecular complexity index is 780. The largest absolute Gasteiger partial charge is 0.496 e. The van der Waals surface area contributed by atoms with Gasteiger partial charge in [-0.25, -0.2) is 9.18 Å². The summed E-state index contributed by atoms with van der Waals surface area (Å²) in [5.41, 5.74) is 1.17. The van der Waals surface area contributed by atoms with Gasteiger partial charge in [-0.15, -0.1) is 11.3 Å². The summed E-state index contributed by atoms with van der Waals surface area (Å²) >= 11 is 4.94. The summed E-state index contributed by atoms with van der Waals surface area (Å²) in [6.45, 7) is 2.14. The van der Waals surface area contributed by atoms with E-state index in [0.29, 0.717) is 12.8 Å². The Morgan fingerprint density at radius 3 is 2.72 bits per heavy atom. The summed E-state index contributed by atoms with van der Waals surface area (Å²) in [5.74, 6) is -1.62. The molecule has 0 radical (unpaired) electrons. The van der Waals surface area contributed by atoms with Gasteiger partial charge in [0.15, 0.2) is 6.04 Å². The lowest BCUT2D eigenvalue weighted by Gasteiger charge is -2.26. The molecule has 25 heavy (non-hydrogen) atoms. The zero-order chi connectivity index (χ0) is 18.6. The zero-order valence-electron chi connectivity index (χ0n) is 13.7. The number of hydrogen-bond donors (Lipinski definition) is 1. The summed E-state index contributed by atoms with van der Waals surface area (Å²) in [7, 11) is 1.37. The van der Waals surface area contributed by atoms with E-state index in [1.54, 1.807) is 0 Å². The molecule has 1 amide bonds. The van der Waals surface area contributed by atoms with Crippen LogP contribution in [0, 0.1) is 12.7 Å². The molecule has 0 saturated heterocycles. The predicted molar refractivity (Wildman–Crippen MR) is 96.6 cm³/mol. The van der Waals surface area contributed by atoms with Crippen LogP contribution in [-0.4, -0.2) is 36.0 Å². The average Bonchev–Trinajstić information content (AvgIpc) is 2.88. The maximum Gasteiger partial charge on any atom is 0.331 e. The monoisotopic (exact) mass is 429 g/mol. The lowest BCUT2D eigenvalue weighted by atomic mass is 10.0. The van der Waals surface area contributed by atoms with Gasteiger partial charge in [-0.3, -0.25) is 4.79 Å². The number of carboxylic acid groups (broad SMARTS) is 1. The summed E-state index contributed by atoms with van der Waals surface area (Å²) < 4.78 is 19.7. The van der Waals surface area contributed by atoms with Crippen molar-refractivity contribution in [3.8, 4) is 5.75 Å². The van der Waals surface area contributed by atoms with Gasteiger partial charge in [0.25, 0.3) is 0 Å². The second-order valence-electron chi connectivity index (χ2n) is 5.38. The number of ether oxygens (including phenoxy) is 1. The molecular weight excluding hydrogens is 413 g/mol. The number of hydrogen-bond acceptors (Lipinski definition) is 4. The molecule has 134 valence electrons. The highest BCUT2D eigenvalue weighted by Gasteiger charge is 2.30. The molecule has 1 aromatic carbocycles. The number of aliphatic carboxylic acids is 1. The first-order chi connectivity index (χ1) is 11.9. The second kappa shape index (κ2) is 8.44. The minimum atomic E-state index is -1.33. The van der Waals surface area contributed by atoms with E-state index >= 15 is 0 Å². The lowest BCUT2D eigenvalue weighted by molar-refractivity contribution is -0.146. The van der Waals surface area contributed by atoms with Crippen molar-refractivity contribution in [1.29, 1.82) is 0 Å². The number of thiophene rings is 1. The number of benzene rings is 1. The van der Waals surface area contributed by atoms with Crippen molar-refractivity contribution >= 4 is 39.6 Å². The van der Waals surface area contributed by atoms with Gasteiger partial charge in [-0.05, 0) is 59.1 Å². The zero-order valence-corrected chi connectivity index (χ0v) is 16.1. The van der Waals surface area contributed by atoms with E-state index in [9.17, 15) is 19.1 Å². The Morgan fingerprint density at radius 2 is 2.20 bits per heavy atom. The van der Waals surface area contributed by atoms with Crippen LogP contribution in [0.1, 0.15) is 22.0 Å². The topological polar surface area (TPSA) is 66.8 Å². The highest BCUT2D eigenvalue weighted by Crippen LogP contribution is 2.31. The third kappa shape index (κ3) is 4.58. The number of aryl methyl sites for hydroxylation is 1. The summed E-state index contributed by atoms with van der Waals surface area (Å²) in [6.07, 6.45) is 0.976. The fourth-order valence-corrected chi connectivity index (χ4v) is 4.39. The van der Waals surface area contributed by atoms with E-state index in [2.05, 4.69) is 15.9 Å². The molecule has 2 aromatic rings. The van der Waals surface area contributed by atoms with Gasteiger partial charge in [0.2, 0.25) is 6.41 Å². The molecule has 5 nitrogen and oxygen atoms in total. The normalized spacial score (nSPS) is 11.8. The first-order valence-electron chi connectivity index (χ1n) is 7.39. The summed E-state index contributed by atoms with van der Waals surface area (Å²) in [6, 6.07) is 4.26. The molecule has 1 atom stereocenters. The summed E-state index contributed by atoms with van der Waals surface area (Å²) in [5, 5.41) is 9.61. The van der Waals surface area contributed by atoms with E-state index in [4.69, 9.17) is 4.74 Å². The van der Waals surface area contributed by atoms with Gasteiger partial charge in [0.1, 0.15) is 11.6 Å². The smallest absolute Gasteiger partial charge is 0.331 e. The van der Waals surface area contributed by atoms with Gasteiger partial charge in [-0.2, -0.15) is 0 Å². The van der Waals surface area contributed by atoms with Gasteiger partial charge >= 0.3 is 5.97 Å². The molecule has 1 N–H and O–H groups in total. The quantitative estimate of drug-likeness (QED) is 0.648.